The summed E-state index contributed by atoms with van der Waals surface area (Å²) in [5.74, 6) is -3.59. The van der Waals surface area contributed by atoms with Crippen molar-refractivity contribution in [1.29, 1.82) is 0 Å². The first-order chi connectivity index (χ1) is 7.73. The van der Waals surface area contributed by atoms with E-state index in [0.29, 0.717) is 0 Å². The Hall–Kier alpha value is -1.57. The molecule has 0 spiro atoms. The number of nitrogens with one attached hydrogen (secondary N) is 1. The SMILES string of the molecule is O=C(O)/C=C1\CCCNC1.O=C(O)C(F)(F)F. The molecule has 1 aliphatic rings. The van der Waals surface area contributed by atoms with E-state index in [1.807, 2.05) is 0 Å². The van der Waals surface area contributed by atoms with Gasteiger partial charge in [-0.2, -0.15) is 13.2 Å². The molecule has 0 unspecified atom stereocenters. The summed E-state index contributed by atoms with van der Waals surface area (Å²) in [4.78, 5) is 19.1. The van der Waals surface area contributed by atoms with Crippen LogP contribution < -0.4 is 5.32 Å². The van der Waals surface area contributed by atoms with Gasteiger partial charge in [0.15, 0.2) is 0 Å². The van der Waals surface area contributed by atoms with Gasteiger partial charge in [0.05, 0.1) is 0 Å². The van der Waals surface area contributed by atoms with Crippen molar-refractivity contribution in [3.05, 3.63) is 11.6 Å². The molecule has 1 saturated heterocycles. The fraction of sp³-hybridized carbons (Fsp3) is 0.556. The second-order valence-corrected chi connectivity index (χ2v) is 3.22. The van der Waals surface area contributed by atoms with Crippen LogP contribution in [0.25, 0.3) is 0 Å². The van der Waals surface area contributed by atoms with Gasteiger partial charge >= 0.3 is 18.1 Å². The van der Waals surface area contributed by atoms with Crippen LogP contribution >= 0.6 is 0 Å². The van der Waals surface area contributed by atoms with E-state index >= 15 is 0 Å². The van der Waals surface area contributed by atoms with Crippen molar-refractivity contribution in [2.75, 3.05) is 13.1 Å². The van der Waals surface area contributed by atoms with E-state index in [2.05, 4.69) is 5.32 Å². The molecule has 1 heterocycles. The lowest BCUT2D eigenvalue weighted by atomic mass is 10.1. The van der Waals surface area contributed by atoms with Crippen LogP contribution in [0.1, 0.15) is 12.8 Å². The zero-order valence-corrected chi connectivity index (χ0v) is 8.75. The lowest BCUT2D eigenvalue weighted by molar-refractivity contribution is -0.192. The molecule has 1 rings (SSSR count). The topological polar surface area (TPSA) is 86.6 Å². The Balaban J connectivity index is 0.000000325. The van der Waals surface area contributed by atoms with Crippen molar-refractivity contribution >= 4 is 11.9 Å². The number of carboxylic acid groups (broad SMARTS) is 2. The highest BCUT2D eigenvalue weighted by Gasteiger charge is 2.38. The summed E-state index contributed by atoms with van der Waals surface area (Å²) >= 11 is 0. The molecular weight excluding hydrogens is 243 g/mol. The molecule has 0 saturated carbocycles. The van der Waals surface area contributed by atoms with E-state index in [4.69, 9.17) is 15.0 Å². The fourth-order valence-corrected chi connectivity index (χ4v) is 1.08. The Morgan fingerprint density at radius 3 is 2.12 bits per heavy atom. The molecule has 0 aromatic rings. The molecular formula is C9H12F3NO4. The van der Waals surface area contributed by atoms with Gasteiger partial charge in [-0.1, -0.05) is 0 Å². The summed E-state index contributed by atoms with van der Waals surface area (Å²) < 4.78 is 31.7. The zero-order chi connectivity index (χ0) is 13.5. The van der Waals surface area contributed by atoms with Gasteiger partial charge in [0.1, 0.15) is 0 Å². The highest BCUT2D eigenvalue weighted by atomic mass is 19.4. The van der Waals surface area contributed by atoms with Gasteiger partial charge in [-0.3, -0.25) is 0 Å². The summed E-state index contributed by atoms with van der Waals surface area (Å²) in [6, 6.07) is 0. The van der Waals surface area contributed by atoms with Gasteiger partial charge in [0.2, 0.25) is 0 Å². The number of hydrogen-bond acceptors (Lipinski definition) is 3. The lowest BCUT2D eigenvalue weighted by Gasteiger charge is -2.13. The Morgan fingerprint density at radius 2 is 1.82 bits per heavy atom. The van der Waals surface area contributed by atoms with Crippen molar-refractivity contribution < 1.29 is 33.0 Å². The number of carbonyl (C=O) groups is 2. The highest BCUT2D eigenvalue weighted by Crippen LogP contribution is 2.13. The summed E-state index contributed by atoms with van der Waals surface area (Å²) in [6.07, 6.45) is -1.80. The molecule has 5 nitrogen and oxygen atoms in total. The summed E-state index contributed by atoms with van der Waals surface area (Å²) in [5, 5.41) is 18.6. The van der Waals surface area contributed by atoms with Crippen LogP contribution in [-0.2, 0) is 9.59 Å². The average Bonchev–Trinajstić information content (AvgIpc) is 2.17. The molecule has 0 aromatic carbocycles. The van der Waals surface area contributed by atoms with E-state index in [-0.39, 0.29) is 0 Å². The van der Waals surface area contributed by atoms with Crippen LogP contribution in [0.15, 0.2) is 11.6 Å². The summed E-state index contributed by atoms with van der Waals surface area (Å²) in [7, 11) is 0. The minimum Gasteiger partial charge on any atom is -0.478 e. The smallest absolute Gasteiger partial charge is 0.478 e. The number of carboxylic acids is 2. The van der Waals surface area contributed by atoms with Crippen LogP contribution in [0, 0.1) is 0 Å². The van der Waals surface area contributed by atoms with Gasteiger partial charge < -0.3 is 15.5 Å². The number of hydrogen-bond donors (Lipinski definition) is 3. The van der Waals surface area contributed by atoms with Gasteiger partial charge in [0.25, 0.3) is 0 Å². The fourth-order valence-electron chi connectivity index (χ4n) is 1.08. The summed E-state index contributed by atoms with van der Waals surface area (Å²) in [5.41, 5.74) is 0.999. The Bertz CT molecular complexity index is 304. The molecule has 17 heavy (non-hydrogen) atoms. The predicted molar refractivity (Wildman–Crippen MR) is 51.5 cm³/mol. The van der Waals surface area contributed by atoms with E-state index in [1.54, 1.807) is 0 Å². The molecule has 0 bridgehead atoms. The first-order valence-electron chi connectivity index (χ1n) is 4.66. The van der Waals surface area contributed by atoms with E-state index in [0.717, 1.165) is 31.5 Å². The number of alkyl halides is 3. The van der Waals surface area contributed by atoms with Crippen molar-refractivity contribution in [2.24, 2.45) is 0 Å². The standard InChI is InChI=1S/C7H11NO2.C2HF3O2/c9-7(10)4-6-2-1-3-8-5-6;3-2(4,5)1(6)7/h4,8H,1-3,5H2,(H,9,10);(H,6,7)/b6-4+;. The predicted octanol–water partition coefficient (Wildman–Crippen LogP) is 1.01. The second-order valence-electron chi connectivity index (χ2n) is 3.22. The minimum atomic E-state index is -5.08. The highest BCUT2D eigenvalue weighted by molar-refractivity contribution is 5.80. The molecule has 1 fully saturated rings. The van der Waals surface area contributed by atoms with Gasteiger partial charge in [-0.25, -0.2) is 9.59 Å². The zero-order valence-electron chi connectivity index (χ0n) is 8.75. The summed E-state index contributed by atoms with van der Waals surface area (Å²) in [6.45, 7) is 1.75. The van der Waals surface area contributed by atoms with Crippen LogP contribution in [0.4, 0.5) is 13.2 Å². The normalized spacial score (nSPS) is 18.2. The van der Waals surface area contributed by atoms with E-state index in [9.17, 15) is 18.0 Å². The third kappa shape index (κ3) is 8.26. The van der Waals surface area contributed by atoms with Gasteiger partial charge in [-0.15, -0.1) is 0 Å². The first kappa shape index (κ1) is 15.4. The molecule has 0 radical (unpaired) electrons. The lowest BCUT2D eigenvalue weighted by Crippen LogP contribution is -2.24. The molecule has 1 aliphatic heterocycles. The molecule has 0 aliphatic carbocycles. The van der Waals surface area contributed by atoms with Crippen molar-refractivity contribution in [3.63, 3.8) is 0 Å². The maximum Gasteiger partial charge on any atom is 0.490 e. The minimum absolute atomic E-state index is 0.742. The molecule has 3 N–H and O–H groups in total. The van der Waals surface area contributed by atoms with E-state index in [1.165, 1.54) is 6.08 Å². The average molecular weight is 255 g/mol. The number of rotatable bonds is 1. The largest absolute Gasteiger partial charge is 0.490 e. The number of piperidine rings is 1. The van der Waals surface area contributed by atoms with Crippen LogP contribution in [0.2, 0.25) is 0 Å². The maximum absolute atomic E-state index is 10.6. The first-order valence-corrected chi connectivity index (χ1v) is 4.66. The van der Waals surface area contributed by atoms with Crippen LogP contribution in [-0.4, -0.2) is 41.4 Å². The molecule has 0 aromatic heterocycles. The van der Waals surface area contributed by atoms with Crippen molar-refractivity contribution in [2.45, 2.75) is 19.0 Å². The monoisotopic (exact) mass is 255 g/mol. The second kappa shape index (κ2) is 6.89. The molecule has 0 amide bonds. The Morgan fingerprint density at radius 1 is 1.29 bits per heavy atom. The molecule has 0 atom stereocenters. The van der Waals surface area contributed by atoms with Gasteiger partial charge in [-0.05, 0) is 25.0 Å². The Kier molecular flexibility index (Phi) is 6.26. The number of aliphatic carboxylic acids is 2. The van der Waals surface area contributed by atoms with E-state index < -0.39 is 18.1 Å². The maximum atomic E-state index is 10.6. The van der Waals surface area contributed by atoms with Crippen LogP contribution in [0.3, 0.4) is 0 Å². The quantitative estimate of drug-likeness (QED) is 0.609. The van der Waals surface area contributed by atoms with Crippen LogP contribution in [0.5, 0.6) is 0 Å². The van der Waals surface area contributed by atoms with Gasteiger partial charge in [0, 0.05) is 12.6 Å². The molecule has 8 heteroatoms. The Labute approximate surface area is 94.9 Å². The van der Waals surface area contributed by atoms with Crippen molar-refractivity contribution in [3.8, 4) is 0 Å². The number of halogens is 3. The molecule has 98 valence electrons. The third-order valence-corrected chi connectivity index (χ3v) is 1.77. The van der Waals surface area contributed by atoms with Crippen molar-refractivity contribution in [1.82, 2.24) is 5.32 Å². The third-order valence-electron chi connectivity index (χ3n) is 1.77.